The van der Waals surface area contributed by atoms with Gasteiger partial charge in [0, 0.05) is 34.0 Å². The molecule has 2 aliphatic heterocycles. The van der Waals surface area contributed by atoms with E-state index in [0.717, 1.165) is 0 Å². The second-order valence-electron chi connectivity index (χ2n) is 23.2. The Balaban J connectivity index is 1.23. The van der Waals surface area contributed by atoms with E-state index in [1.807, 2.05) is 0 Å². The highest BCUT2D eigenvalue weighted by molar-refractivity contribution is 6.94. The minimum Gasteiger partial charge on any atom is -0.376 e. The third kappa shape index (κ3) is 6.36. The van der Waals surface area contributed by atoms with Gasteiger partial charge in [0.2, 0.25) is 0 Å². The quantitative estimate of drug-likeness (QED) is 0.163. The maximum absolute atomic E-state index is 2.77. The van der Waals surface area contributed by atoms with Crippen LogP contribution in [0.3, 0.4) is 0 Å². The van der Waals surface area contributed by atoms with Crippen molar-refractivity contribution < 1.29 is 0 Å². The highest BCUT2D eigenvalue weighted by Gasteiger charge is 2.48. The largest absolute Gasteiger partial charge is 0.376 e. The molecule has 0 unspecified atom stereocenters. The lowest BCUT2D eigenvalue weighted by Crippen LogP contribution is -2.61. The van der Waals surface area contributed by atoms with E-state index in [1.54, 1.807) is 0 Å². The van der Waals surface area contributed by atoms with E-state index in [1.165, 1.54) is 143 Å². The molecule has 0 amide bonds. The summed E-state index contributed by atoms with van der Waals surface area (Å²) in [5, 5.41) is 2.56. The van der Waals surface area contributed by atoms with Gasteiger partial charge in [0.1, 0.15) is 0 Å². The molecule has 332 valence electrons. The number of hydrogen-bond acceptors (Lipinski definition) is 2. The van der Waals surface area contributed by atoms with Gasteiger partial charge < -0.3 is 9.71 Å². The normalized spacial score (nSPS) is 17.9. The van der Waals surface area contributed by atoms with Crippen LogP contribution in [0.25, 0.3) is 44.2 Å². The average Bonchev–Trinajstić information content (AvgIpc) is 3.32. The molecule has 0 fully saturated rings. The van der Waals surface area contributed by atoms with Crippen LogP contribution in [-0.2, 0) is 21.7 Å². The molecule has 0 radical (unpaired) electrons. The maximum Gasteiger partial charge on any atom is 0.333 e. The molecule has 0 saturated heterocycles. The summed E-state index contributed by atoms with van der Waals surface area (Å²) in [4.78, 5) is 5.45. The molecule has 8 aromatic rings. The predicted molar refractivity (Wildman–Crippen MR) is 289 cm³/mol. The smallest absolute Gasteiger partial charge is 0.333 e. The van der Waals surface area contributed by atoms with Crippen molar-refractivity contribution in [2.75, 3.05) is 9.71 Å². The lowest BCUT2D eigenvalue weighted by Gasteiger charge is -2.48. The van der Waals surface area contributed by atoms with Gasteiger partial charge in [-0.15, -0.1) is 0 Å². The molecule has 2 aliphatic carbocycles. The summed E-state index contributed by atoms with van der Waals surface area (Å²) in [6.45, 7) is 24.3. The second-order valence-corrected chi connectivity index (χ2v) is 23.2. The van der Waals surface area contributed by atoms with Crippen LogP contribution in [0.15, 0.2) is 152 Å². The Morgan fingerprint density at radius 2 is 0.896 bits per heavy atom. The van der Waals surface area contributed by atoms with E-state index in [9.17, 15) is 0 Å². The van der Waals surface area contributed by atoms with Gasteiger partial charge in [0.25, 0.3) is 0 Å². The zero-order valence-electron chi connectivity index (χ0n) is 41.2. The fraction of sp³-hybridized carbons (Fsp3) is 0.281. The van der Waals surface area contributed by atoms with E-state index < -0.39 is 0 Å². The molecule has 2 heterocycles. The Labute approximate surface area is 399 Å². The number of rotatable bonds is 4. The van der Waals surface area contributed by atoms with Gasteiger partial charge in [-0.3, -0.25) is 0 Å². The van der Waals surface area contributed by atoms with Gasteiger partial charge in [-0.05, 0) is 180 Å². The van der Waals surface area contributed by atoms with Crippen LogP contribution in [0.1, 0.15) is 114 Å². The van der Waals surface area contributed by atoms with E-state index in [0.29, 0.717) is 0 Å². The van der Waals surface area contributed by atoms with E-state index in [2.05, 4.69) is 231 Å². The molecule has 0 atom stereocenters. The van der Waals surface area contributed by atoms with Gasteiger partial charge in [-0.1, -0.05) is 171 Å². The van der Waals surface area contributed by atoms with E-state index >= 15 is 0 Å². The molecule has 0 spiro atoms. The third-order valence-electron chi connectivity index (χ3n) is 17.0. The second kappa shape index (κ2) is 14.6. The topological polar surface area (TPSA) is 6.48 Å². The highest BCUT2D eigenvalue weighted by atomic mass is 15.2. The first-order chi connectivity index (χ1) is 32.0. The summed E-state index contributed by atoms with van der Waals surface area (Å²) in [6, 6.07) is 58.7. The SMILES string of the molecule is Cc1cc2c(cc1N1B3c4ccc(-c5ccccc5)cc4N(c4cc5c(cc4C)C(C)(C)CCC5(C)C)c4cc5ccccc5c(c43)-c3cc(-c4ccccc4)ccc31)C(C)(C)CCC2(C)C. The molecule has 2 nitrogen and oxygen atoms in total. The molecule has 0 aromatic heterocycles. The number of benzene rings is 8. The number of anilines is 5. The summed E-state index contributed by atoms with van der Waals surface area (Å²) in [5.74, 6) is 0. The summed E-state index contributed by atoms with van der Waals surface area (Å²) in [6.07, 6.45) is 4.72. The molecular formula is C64H63BN2. The maximum atomic E-state index is 2.77. The van der Waals surface area contributed by atoms with Crippen molar-refractivity contribution in [2.45, 2.75) is 117 Å². The van der Waals surface area contributed by atoms with Crippen molar-refractivity contribution >= 4 is 57.0 Å². The summed E-state index contributed by atoms with van der Waals surface area (Å²) >= 11 is 0. The zero-order chi connectivity index (χ0) is 46.4. The summed E-state index contributed by atoms with van der Waals surface area (Å²) in [7, 11) is 0. The fourth-order valence-corrected chi connectivity index (χ4v) is 12.8. The van der Waals surface area contributed by atoms with Crippen molar-refractivity contribution in [2.24, 2.45) is 0 Å². The fourth-order valence-electron chi connectivity index (χ4n) is 12.8. The van der Waals surface area contributed by atoms with Crippen molar-refractivity contribution in [1.82, 2.24) is 0 Å². The van der Waals surface area contributed by atoms with E-state index in [-0.39, 0.29) is 28.5 Å². The minimum atomic E-state index is -0.0921. The van der Waals surface area contributed by atoms with Gasteiger partial charge in [-0.25, -0.2) is 0 Å². The Bertz CT molecular complexity index is 3340. The number of aryl methyl sites for hydroxylation is 2. The molecule has 4 aliphatic rings. The molecular weight excluding hydrogens is 808 g/mol. The van der Waals surface area contributed by atoms with Crippen LogP contribution < -0.4 is 20.6 Å². The van der Waals surface area contributed by atoms with Crippen molar-refractivity contribution in [3.8, 4) is 33.4 Å². The Morgan fingerprint density at radius 3 is 1.49 bits per heavy atom. The van der Waals surface area contributed by atoms with Crippen LogP contribution in [0.4, 0.5) is 28.4 Å². The van der Waals surface area contributed by atoms with Gasteiger partial charge in [-0.2, -0.15) is 0 Å². The predicted octanol–water partition coefficient (Wildman–Crippen LogP) is 16.2. The zero-order valence-corrected chi connectivity index (χ0v) is 41.2. The lowest BCUT2D eigenvalue weighted by atomic mass is 9.43. The number of hydrogen-bond donors (Lipinski definition) is 0. The van der Waals surface area contributed by atoms with Gasteiger partial charge >= 0.3 is 6.85 Å². The van der Waals surface area contributed by atoms with Crippen LogP contribution in [0, 0.1) is 13.8 Å². The first kappa shape index (κ1) is 42.1. The highest BCUT2D eigenvalue weighted by Crippen LogP contribution is 2.55. The van der Waals surface area contributed by atoms with Crippen LogP contribution in [0.5, 0.6) is 0 Å². The van der Waals surface area contributed by atoms with Gasteiger partial charge in [0.05, 0.1) is 0 Å². The first-order valence-electron chi connectivity index (χ1n) is 24.9. The summed E-state index contributed by atoms with van der Waals surface area (Å²) in [5.41, 5.74) is 25.6. The average molecular weight is 871 g/mol. The molecule has 3 heteroatoms. The third-order valence-corrected chi connectivity index (χ3v) is 17.0. The van der Waals surface area contributed by atoms with Crippen LogP contribution >= 0.6 is 0 Å². The van der Waals surface area contributed by atoms with E-state index in [4.69, 9.17) is 0 Å². The molecule has 8 aromatic carbocycles. The Hall–Kier alpha value is -6.32. The Morgan fingerprint density at radius 1 is 0.403 bits per heavy atom. The molecule has 0 saturated carbocycles. The van der Waals surface area contributed by atoms with Crippen molar-refractivity contribution in [1.29, 1.82) is 0 Å². The number of nitrogens with zero attached hydrogens (tertiary/aromatic N) is 2. The summed E-state index contributed by atoms with van der Waals surface area (Å²) < 4.78 is 0. The standard InChI is InChI=1S/C64H63BN2/c1-40-33-49-51(63(7,8)31-29-61(49,3)4)38-55(40)66-57-36-45(43-21-15-12-16-22-43)25-27-53(57)65-60-58(66)37-46-23-17-18-24-47(46)59(60)48-35-44(42-19-13-11-14-20-42)26-28-54(48)67(65)56-39-52-50(34-41(56)2)62(5,6)30-32-64(52,9)10/h11-28,33-39H,29-32H2,1-10H3. The Kier molecular flexibility index (Phi) is 9.16. The monoisotopic (exact) mass is 871 g/mol. The molecule has 67 heavy (non-hydrogen) atoms. The lowest BCUT2D eigenvalue weighted by molar-refractivity contribution is 0.332. The van der Waals surface area contributed by atoms with Crippen molar-refractivity contribution in [3.63, 3.8) is 0 Å². The molecule has 12 rings (SSSR count). The van der Waals surface area contributed by atoms with Crippen molar-refractivity contribution in [3.05, 3.63) is 185 Å². The minimum absolute atomic E-state index is 0.0546. The van der Waals surface area contributed by atoms with Crippen LogP contribution in [-0.4, -0.2) is 6.85 Å². The van der Waals surface area contributed by atoms with Crippen LogP contribution in [0.2, 0.25) is 0 Å². The molecule has 0 bridgehead atoms. The first-order valence-corrected chi connectivity index (χ1v) is 24.9. The number of fused-ring (bicyclic) bond motifs is 8. The molecule has 0 N–H and O–H groups in total. The van der Waals surface area contributed by atoms with Gasteiger partial charge in [0.15, 0.2) is 0 Å².